The smallest absolute Gasteiger partial charge is 0.164 e. The van der Waals surface area contributed by atoms with Gasteiger partial charge in [0.25, 0.3) is 0 Å². The lowest BCUT2D eigenvalue weighted by Gasteiger charge is -2.39. The van der Waals surface area contributed by atoms with Crippen molar-refractivity contribution in [3.8, 4) is 34.2 Å². The third-order valence-electron chi connectivity index (χ3n) is 7.27. The van der Waals surface area contributed by atoms with Gasteiger partial charge < -0.3 is 9.11 Å². The molecule has 1 unspecified atom stereocenters. The summed E-state index contributed by atoms with van der Waals surface area (Å²) < 4.78 is 13.5. The molecule has 1 aromatic heterocycles. The van der Waals surface area contributed by atoms with E-state index in [9.17, 15) is 4.21 Å². The van der Waals surface area contributed by atoms with Crippen LogP contribution in [0.3, 0.4) is 0 Å². The Balaban J connectivity index is 1.32. The molecule has 0 aliphatic carbocycles. The minimum atomic E-state index is -1.24. The molecule has 0 radical (unpaired) electrons. The zero-order chi connectivity index (χ0) is 25.9. The summed E-state index contributed by atoms with van der Waals surface area (Å²) >= 11 is 0. The van der Waals surface area contributed by atoms with Crippen LogP contribution in [0.15, 0.2) is 125 Å². The minimum absolute atomic E-state index is 0.186. The average molecular weight is 523 g/mol. The molecule has 5 aromatic rings. The van der Waals surface area contributed by atoms with Crippen molar-refractivity contribution in [3.63, 3.8) is 0 Å². The summed E-state index contributed by atoms with van der Waals surface area (Å²) in [7, 11) is -1.24. The summed E-state index contributed by atoms with van der Waals surface area (Å²) in [5.74, 6) is 1.83. The number of nitrogens with zero attached hydrogens (tertiary/aromatic N) is 5. The third-order valence-corrected chi connectivity index (χ3v) is 8.80. The highest BCUT2D eigenvalue weighted by atomic mass is 32.2. The lowest BCUT2D eigenvalue weighted by Crippen LogP contribution is -2.43. The van der Waals surface area contributed by atoms with Gasteiger partial charge in [-0.3, -0.25) is 4.99 Å². The molecule has 0 saturated carbocycles. The SMILES string of the molecule is O=[S-]1=C2C=CN=C3c4cc(-c5nc(-c6ccccc6)nc(-c6ccccc6)n5)ccc4N(c4ccccc41)C32. The van der Waals surface area contributed by atoms with Gasteiger partial charge >= 0.3 is 0 Å². The summed E-state index contributed by atoms with van der Waals surface area (Å²) in [5.41, 5.74) is 6.61. The Bertz CT molecular complexity index is 1890. The van der Waals surface area contributed by atoms with Gasteiger partial charge in [-0.05, 0) is 24.3 Å². The van der Waals surface area contributed by atoms with Crippen molar-refractivity contribution >= 4 is 32.3 Å². The lowest BCUT2D eigenvalue weighted by molar-refractivity contribution is 0.602. The van der Waals surface area contributed by atoms with Crippen LogP contribution < -0.4 is 4.90 Å². The quantitative estimate of drug-likeness (QED) is 0.208. The van der Waals surface area contributed by atoms with Crippen molar-refractivity contribution in [3.05, 3.63) is 121 Å². The minimum Gasteiger partial charge on any atom is -0.457 e. The van der Waals surface area contributed by atoms with Crippen molar-refractivity contribution in [1.29, 1.82) is 0 Å². The van der Waals surface area contributed by atoms with Crippen LogP contribution in [-0.4, -0.2) is 31.6 Å². The van der Waals surface area contributed by atoms with Crippen LogP contribution >= 0.6 is 0 Å². The Hall–Kier alpha value is -4.88. The predicted molar refractivity (Wildman–Crippen MR) is 156 cm³/mol. The maximum absolute atomic E-state index is 13.5. The Morgan fingerprint density at radius 3 is 1.95 bits per heavy atom. The normalized spacial score (nSPS) is 16.9. The molecular formula is C32H20N5OS-. The third kappa shape index (κ3) is 3.40. The molecule has 3 aliphatic heterocycles. The fourth-order valence-corrected chi connectivity index (χ4v) is 6.91. The van der Waals surface area contributed by atoms with E-state index in [2.05, 4.69) is 23.1 Å². The maximum Gasteiger partial charge on any atom is 0.164 e. The Labute approximate surface area is 227 Å². The van der Waals surface area contributed by atoms with Gasteiger partial charge in [-0.2, -0.15) is 0 Å². The highest BCUT2D eigenvalue weighted by Gasteiger charge is 2.40. The second-order valence-corrected chi connectivity index (χ2v) is 11.0. The molecule has 4 heterocycles. The van der Waals surface area contributed by atoms with Crippen LogP contribution in [0.1, 0.15) is 5.56 Å². The first-order valence-corrected chi connectivity index (χ1v) is 13.8. The highest BCUT2D eigenvalue weighted by molar-refractivity contribution is 7.85. The van der Waals surface area contributed by atoms with Crippen molar-refractivity contribution in [2.75, 3.05) is 4.90 Å². The molecule has 4 aromatic carbocycles. The lowest BCUT2D eigenvalue weighted by atomic mass is 10.0. The molecule has 0 fully saturated rings. The molecule has 186 valence electrons. The summed E-state index contributed by atoms with van der Waals surface area (Å²) in [5, 5.41) is 0. The van der Waals surface area contributed by atoms with Crippen molar-refractivity contribution < 1.29 is 4.21 Å². The molecular weight excluding hydrogens is 502 g/mol. The van der Waals surface area contributed by atoms with E-state index in [4.69, 9.17) is 19.9 Å². The number of anilines is 2. The van der Waals surface area contributed by atoms with Crippen molar-refractivity contribution in [2.45, 2.75) is 10.9 Å². The molecule has 8 rings (SSSR count). The van der Waals surface area contributed by atoms with Gasteiger partial charge in [0.1, 0.15) is 0 Å². The molecule has 0 spiro atoms. The Morgan fingerprint density at radius 1 is 0.641 bits per heavy atom. The van der Waals surface area contributed by atoms with E-state index in [-0.39, 0.29) is 6.04 Å². The van der Waals surface area contributed by atoms with Gasteiger partial charge in [-0.1, -0.05) is 89.8 Å². The largest absolute Gasteiger partial charge is 0.457 e. The summed E-state index contributed by atoms with van der Waals surface area (Å²) in [4.78, 5) is 23.3. The summed E-state index contributed by atoms with van der Waals surface area (Å²) in [6.45, 7) is 0. The van der Waals surface area contributed by atoms with Crippen LogP contribution in [0.4, 0.5) is 11.4 Å². The molecule has 0 amide bonds. The highest BCUT2D eigenvalue weighted by Crippen LogP contribution is 2.45. The number of para-hydroxylation sites is 1. The van der Waals surface area contributed by atoms with Gasteiger partial charge in [0, 0.05) is 34.1 Å². The van der Waals surface area contributed by atoms with Crippen LogP contribution in [0.25, 0.3) is 34.2 Å². The molecule has 0 bridgehead atoms. The molecule has 3 aliphatic rings. The van der Waals surface area contributed by atoms with E-state index in [1.54, 1.807) is 6.20 Å². The van der Waals surface area contributed by atoms with Gasteiger partial charge in [0.05, 0.1) is 17.4 Å². The number of fused-ring (bicyclic) bond motifs is 5. The molecule has 0 saturated heterocycles. The van der Waals surface area contributed by atoms with Crippen molar-refractivity contribution in [1.82, 2.24) is 15.0 Å². The van der Waals surface area contributed by atoms with E-state index in [1.807, 2.05) is 91.0 Å². The zero-order valence-corrected chi connectivity index (χ0v) is 21.4. The number of hydrogen-bond donors (Lipinski definition) is 0. The number of aliphatic imine (C=N–C) groups is 1. The molecule has 6 nitrogen and oxygen atoms in total. The number of rotatable bonds is 3. The van der Waals surface area contributed by atoms with Gasteiger partial charge in [0.2, 0.25) is 0 Å². The first-order valence-electron chi connectivity index (χ1n) is 12.7. The van der Waals surface area contributed by atoms with Crippen molar-refractivity contribution in [2.24, 2.45) is 4.99 Å². The van der Waals surface area contributed by atoms with E-state index in [0.29, 0.717) is 17.5 Å². The molecule has 39 heavy (non-hydrogen) atoms. The Morgan fingerprint density at radius 2 is 1.26 bits per heavy atom. The summed E-state index contributed by atoms with van der Waals surface area (Å²) in [6.07, 6.45) is 3.65. The van der Waals surface area contributed by atoms with Crippen LogP contribution in [0.5, 0.6) is 0 Å². The Kier molecular flexibility index (Phi) is 4.87. The van der Waals surface area contributed by atoms with E-state index in [1.165, 1.54) is 0 Å². The fraction of sp³-hybridized carbons (Fsp3) is 0.0312. The first kappa shape index (κ1) is 22.1. The first-order chi connectivity index (χ1) is 19.3. The second-order valence-electron chi connectivity index (χ2n) is 9.51. The van der Waals surface area contributed by atoms with Gasteiger partial charge in [0.15, 0.2) is 17.5 Å². The predicted octanol–water partition coefficient (Wildman–Crippen LogP) is 6.22. The standard InChI is InChI=1S/C32H20N5OS/c38-39-26-14-8-7-13-25(26)37-24-16-15-22(19-23(24)28-29(37)27(39)17-18-33-28)32-35-30(20-9-3-1-4-10-20)34-31(36-32)21-11-5-2-6-12-21/h1-19,29H/q-1. The fourth-order valence-electron chi connectivity index (χ4n) is 5.49. The van der Waals surface area contributed by atoms with E-state index < -0.39 is 10.4 Å². The maximum atomic E-state index is 13.5. The van der Waals surface area contributed by atoms with Gasteiger partial charge in [-0.25, -0.2) is 25.3 Å². The molecule has 7 heteroatoms. The van der Waals surface area contributed by atoms with Crippen LogP contribution in [0, 0.1) is 0 Å². The van der Waals surface area contributed by atoms with Gasteiger partial charge in [-0.15, -0.1) is 4.86 Å². The van der Waals surface area contributed by atoms with E-state index in [0.717, 1.165) is 49.1 Å². The number of hydrogen-bond acceptors (Lipinski definition) is 7. The zero-order valence-electron chi connectivity index (χ0n) is 20.6. The topological polar surface area (TPSA) is 71.3 Å². The number of benzene rings is 4. The number of aromatic nitrogens is 3. The monoisotopic (exact) mass is 522 g/mol. The average Bonchev–Trinajstić information content (AvgIpc) is 3.35. The van der Waals surface area contributed by atoms with Crippen LogP contribution in [0.2, 0.25) is 0 Å². The summed E-state index contributed by atoms with van der Waals surface area (Å²) in [6, 6.07) is 33.9. The van der Waals surface area contributed by atoms with E-state index >= 15 is 0 Å². The second kappa shape index (κ2) is 8.58. The molecule has 0 N–H and O–H groups in total. The molecule has 1 atom stereocenters. The van der Waals surface area contributed by atoms with Crippen LogP contribution in [-0.2, 0) is 14.6 Å².